The molecule has 3 aromatic rings. The van der Waals surface area contributed by atoms with E-state index < -0.39 is 10.0 Å². The lowest BCUT2D eigenvalue weighted by Gasteiger charge is -2.22. The monoisotopic (exact) mass is 462 g/mol. The van der Waals surface area contributed by atoms with E-state index in [9.17, 15) is 8.42 Å². The number of sulfonamides is 1. The molecular weight excluding hydrogens is 440 g/mol. The highest BCUT2D eigenvalue weighted by Crippen LogP contribution is 2.30. The molecule has 31 heavy (non-hydrogen) atoms. The second-order valence-electron chi connectivity index (χ2n) is 7.21. The van der Waals surface area contributed by atoms with Crippen molar-refractivity contribution >= 4 is 21.6 Å². The topological polar surface area (TPSA) is 88.8 Å². The lowest BCUT2D eigenvalue weighted by Crippen LogP contribution is -2.35. The highest BCUT2D eigenvalue weighted by molar-refractivity contribution is 7.89. The molecule has 0 amide bonds. The Morgan fingerprint density at radius 3 is 2.68 bits per heavy atom. The predicted octanol–water partition coefficient (Wildman–Crippen LogP) is 3.30. The average molecular weight is 463 g/mol. The van der Waals surface area contributed by atoms with Gasteiger partial charge in [0.25, 0.3) is 5.89 Å². The lowest BCUT2D eigenvalue weighted by atomic mass is 10.2. The third-order valence-corrected chi connectivity index (χ3v) is 7.30. The number of hydrogen-bond donors (Lipinski definition) is 0. The van der Waals surface area contributed by atoms with E-state index in [1.807, 2.05) is 30.3 Å². The van der Waals surface area contributed by atoms with Gasteiger partial charge in [0.15, 0.2) is 5.82 Å². The van der Waals surface area contributed by atoms with E-state index in [1.54, 1.807) is 12.1 Å². The number of nitrogens with zero attached hydrogens (tertiary/aromatic N) is 4. The molecule has 4 rings (SSSR count). The number of ether oxygens (including phenoxy) is 1. The molecule has 2 aromatic carbocycles. The van der Waals surface area contributed by atoms with E-state index in [1.165, 1.54) is 17.5 Å². The molecule has 8 nitrogen and oxygen atoms in total. The third kappa shape index (κ3) is 4.90. The van der Waals surface area contributed by atoms with Crippen molar-refractivity contribution in [1.82, 2.24) is 19.3 Å². The van der Waals surface area contributed by atoms with Crippen molar-refractivity contribution in [2.24, 2.45) is 0 Å². The Balaban J connectivity index is 1.44. The van der Waals surface area contributed by atoms with Crippen molar-refractivity contribution in [3.05, 3.63) is 59.4 Å². The molecule has 0 aliphatic carbocycles. The first-order valence-corrected chi connectivity index (χ1v) is 11.7. The highest BCUT2D eigenvalue weighted by atomic mass is 35.5. The van der Waals surface area contributed by atoms with Gasteiger partial charge in [0, 0.05) is 30.2 Å². The fourth-order valence-electron chi connectivity index (χ4n) is 3.55. The zero-order valence-electron chi connectivity index (χ0n) is 17.1. The van der Waals surface area contributed by atoms with Crippen LogP contribution in [0, 0.1) is 0 Å². The molecule has 0 atom stereocenters. The quantitative estimate of drug-likeness (QED) is 0.555. The van der Waals surface area contributed by atoms with Gasteiger partial charge < -0.3 is 9.26 Å². The number of halogens is 1. The maximum absolute atomic E-state index is 13.2. The van der Waals surface area contributed by atoms with Gasteiger partial charge in [0.1, 0.15) is 10.6 Å². The minimum Gasteiger partial charge on any atom is -0.495 e. The van der Waals surface area contributed by atoms with Gasteiger partial charge >= 0.3 is 0 Å². The average Bonchev–Trinajstić information content (AvgIpc) is 3.11. The van der Waals surface area contributed by atoms with Crippen molar-refractivity contribution in [3.8, 4) is 17.2 Å². The Kier molecular flexibility index (Phi) is 6.57. The molecule has 0 radical (unpaired) electrons. The standard InChI is InChI=1S/C21H23ClN4O4S/c1-29-18-9-8-17(22)14-19(18)31(27,28)26-11-5-10-25(12-13-26)15-20-23-21(30-24-20)16-6-3-2-4-7-16/h2-4,6-9,14H,5,10-13,15H2,1H3. The molecule has 0 saturated carbocycles. The summed E-state index contributed by atoms with van der Waals surface area (Å²) in [5, 5.41) is 4.42. The molecule has 1 saturated heterocycles. The van der Waals surface area contributed by atoms with Gasteiger partial charge in [-0.15, -0.1) is 0 Å². The number of rotatable bonds is 6. The molecule has 1 aliphatic heterocycles. The second-order valence-corrected chi connectivity index (χ2v) is 9.55. The van der Waals surface area contributed by atoms with Crippen molar-refractivity contribution in [2.45, 2.75) is 17.9 Å². The molecule has 1 aliphatic rings. The van der Waals surface area contributed by atoms with Crippen molar-refractivity contribution in [3.63, 3.8) is 0 Å². The minimum atomic E-state index is -3.73. The van der Waals surface area contributed by atoms with Gasteiger partial charge in [-0.1, -0.05) is 35.0 Å². The SMILES string of the molecule is COc1ccc(Cl)cc1S(=O)(=O)N1CCCN(Cc2noc(-c3ccccc3)n2)CC1. The summed E-state index contributed by atoms with van der Waals surface area (Å²) in [7, 11) is -2.29. The van der Waals surface area contributed by atoms with E-state index >= 15 is 0 Å². The van der Waals surface area contributed by atoms with Crippen LogP contribution >= 0.6 is 11.6 Å². The van der Waals surface area contributed by atoms with E-state index in [0.717, 1.165) is 12.1 Å². The summed E-state index contributed by atoms with van der Waals surface area (Å²) in [4.78, 5) is 6.68. The summed E-state index contributed by atoms with van der Waals surface area (Å²) < 4.78 is 38.6. The van der Waals surface area contributed by atoms with Crippen LogP contribution in [-0.2, 0) is 16.6 Å². The predicted molar refractivity (Wildman–Crippen MR) is 116 cm³/mol. The van der Waals surface area contributed by atoms with Gasteiger partial charge in [-0.3, -0.25) is 4.90 Å². The molecule has 0 N–H and O–H groups in total. The van der Waals surface area contributed by atoms with Crippen LogP contribution in [-0.4, -0.2) is 61.1 Å². The van der Waals surface area contributed by atoms with Gasteiger partial charge in [0.2, 0.25) is 10.0 Å². The van der Waals surface area contributed by atoms with Crippen LogP contribution in [0.1, 0.15) is 12.2 Å². The van der Waals surface area contributed by atoms with E-state index in [0.29, 0.717) is 49.3 Å². The Morgan fingerprint density at radius 1 is 1.10 bits per heavy atom. The van der Waals surface area contributed by atoms with Gasteiger partial charge in [-0.2, -0.15) is 9.29 Å². The number of hydrogen-bond acceptors (Lipinski definition) is 7. The molecule has 2 heterocycles. The first kappa shape index (κ1) is 21.8. The first-order valence-electron chi connectivity index (χ1n) is 9.91. The largest absolute Gasteiger partial charge is 0.495 e. The summed E-state index contributed by atoms with van der Waals surface area (Å²) >= 11 is 6.04. The van der Waals surface area contributed by atoms with E-state index in [4.69, 9.17) is 20.9 Å². The minimum absolute atomic E-state index is 0.0848. The van der Waals surface area contributed by atoms with Crippen LogP contribution < -0.4 is 4.74 Å². The molecule has 1 fully saturated rings. The van der Waals surface area contributed by atoms with Crippen LogP contribution in [0.15, 0.2) is 57.9 Å². The van der Waals surface area contributed by atoms with Crippen LogP contribution in [0.25, 0.3) is 11.5 Å². The van der Waals surface area contributed by atoms with Gasteiger partial charge in [0.05, 0.1) is 13.7 Å². The molecule has 0 bridgehead atoms. The Morgan fingerprint density at radius 2 is 1.90 bits per heavy atom. The van der Waals surface area contributed by atoms with Crippen molar-refractivity contribution in [1.29, 1.82) is 0 Å². The smallest absolute Gasteiger partial charge is 0.257 e. The molecular formula is C21H23ClN4O4S. The molecule has 10 heteroatoms. The van der Waals surface area contributed by atoms with Crippen molar-refractivity contribution in [2.75, 3.05) is 33.3 Å². The van der Waals surface area contributed by atoms with E-state index in [-0.39, 0.29) is 10.6 Å². The fraction of sp³-hybridized carbons (Fsp3) is 0.333. The summed E-state index contributed by atoms with van der Waals surface area (Å²) in [6, 6.07) is 14.2. The summed E-state index contributed by atoms with van der Waals surface area (Å²) in [5.74, 6) is 1.33. The zero-order valence-corrected chi connectivity index (χ0v) is 18.6. The number of methoxy groups -OCH3 is 1. The molecule has 1 aromatic heterocycles. The fourth-order valence-corrected chi connectivity index (χ4v) is 5.44. The van der Waals surface area contributed by atoms with Crippen LogP contribution in [0.3, 0.4) is 0 Å². The first-order chi connectivity index (χ1) is 15.0. The molecule has 0 unspecified atom stereocenters. The Labute approximate surface area is 186 Å². The van der Waals surface area contributed by atoms with Crippen LogP contribution in [0.5, 0.6) is 5.75 Å². The maximum atomic E-state index is 13.2. The third-order valence-electron chi connectivity index (χ3n) is 5.14. The number of aromatic nitrogens is 2. The maximum Gasteiger partial charge on any atom is 0.257 e. The zero-order chi connectivity index (χ0) is 21.8. The van der Waals surface area contributed by atoms with Crippen LogP contribution in [0.2, 0.25) is 5.02 Å². The van der Waals surface area contributed by atoms with Crippen LogP contribution in [0.4, 0.5) is 0 Å². The Bertz CT molecular complexity index is 1140. The normalized spacial score (nSPS) is 16.2. The Hall–Kier alpha value is -2.46. The summed E-state index contributed by atoms with van der Waals surface area (Å²) in [6.07, 6.45) is 0.686. The highest BCUT2D eigenvalue weighted by Gasteiger charge is 2.30. The second kappa shape index (κ2) is 9.35. The van der Waals surface area contributed by atoms with Gasteiger partial charge in [-0.25, -0.2) is 8.42 Å². The lowest BCUT2D eigenvalue weighted by molar-refractivity contribution is 0.266. The molecule has 0 spiro atoms. The molecule has 164 valence electrons. The van der Waals surface area contributed by atoms with Gasteiger partial charge in [-0.05, 0) is 43.3 Å². The van der Waals surface area contributed by atoms with Crippen molar-refractivity contribution < 1.29 is 17.7 Å². The number of benzene rings is 2. The van der Waals surface area contributed by atoms with E-state index in [2.05, 4.69) is 15.0 Å². The summed E-state index contributed by atoms with van der Waals surface area (Å²) in [6.45, 7) is 2.54. The summed E-state index contributed by atoms with van der Waals surface area (Å²) in [5.41, 5.74) is 0.866.